The molecule has 0 spiro atoms. The Kier molecular flexibility index (Phi) is 9.42. The molecule has 0 radical (unpaired) electrons. The predicted molar refractivity (Wildman–Crippen MR) is 64.2 cm³/mol. The number of unbranched alkanes of at least 4 members (excludes halogenated alkanes) is 2. The molecule has 0 aromatic heterocycles. The molecule has 0 heterocycles. The molecule has 0 saturated carbocycles. The average Bonchev–Trinajstić information content (AvgIpc) is 2.16. The van der Waals surface area contributed by atoms with Crippen LogP contribution in [0.2, 0.25) is 0 Å². The molecule has 2 atom stereocenters. The van der Waals surface area contributed by atoms with Crippen molar-refractivity contribution in [3.8, 4) is 0 Å². The molecule has 0 fully saturated rings. The molecule has 0 aromatic carbocycles. The van der Waals surface area contributed by atoms with Crippen LogP contribution in [0, 0.1) is 5.92 Å². The van der Waals surface area contributed by atoms with Crippen molar-refractivity contribution < 1.29 is 0 Å². The van der Waals surface area contributed by atoms with Gasteiger partial charge in [-0.3, -0.25) is 0 Å². The number of nitrogens with two attached hydrogens (primary N) is 1. The van der Waals surface area contributed by atoms with Crippen LogP contribution in [0.25, 0.3) is 0 Å². The molecule has 2 heteroatoms. The van der Waals surface area contributed by atoms with Crippen LogP contribution in [-0.2, 0) is 0 Å². The number of hydrogen-bond acceptors (Lipinski definition) is 2. The Morgan fingerprint density at radius 3 is 2.36 bits per heavy atom. The minimum Gasteiger partial charge on any atom is -0.316 e. The largest absolute Gasteiger partial charge is 0.316 e. The average molecular weight is 200 g/mol. The molecular formula is C12H28N2. The maximum absolute atomic E-state index is 5.95. The first-order chi connectivity index (χ1) is 6.70. The molecule has 0 saturated heterocycles. The highest BCUT2D eigenvalue weighted by molar-refractivity contribution is 4.62. The van der Waals surface area contributed by atoms with Gasteiger partial charge in [0.25, 0.3) is 0 Å². The highest BCUT2D eigenvalue weighted by atomic mass is 15.0. The van der Waals surface area contributed by atoms with E-state index in [1.54, 1.807) is 0 Å². The molecule has 3 N–H and O–H groups in total. The fraction of sp³-hybridized carbons (Fsp3) is 1.00. The van der Waals surface area contributed by atoms with E-state index in [4.69, 9.17) is 5.73 Å². The van der Waals surface area contributed by atoms with Crippen LogP contribution in [-0.4, -0.2) is 12.7 Å². The van der Waals surface area contributed by atoms with Crippen molar-refractivity contribution in [2.45, 2.75) is 65.5 Å². The third kappa shape index (κ3) is 8.52. The first kappa shape index (κ1) is 13.9. The van der Waals surface area contributed by atoms with Crippen LogP contribution in [0.5, 0.6) is 0 Å². The second kappa shape index (κ2) is 9.47. The molecule has 0 aliphatic rings. The van der Waals surface area contributed by atoms with Crippen molar-refractivity contribution >= 4 is 0 Å². The molecule has 14 heavy (non-hydrogen) atoms. The molecule has 0 aromatic rings. The van der Waals surface area contributed by atoms with Gasteiger partial charge in [0, 0.05) is 0 Å². The highest BCUT2D eigenvalue weighted by Crippen LogP contribution is 2.04. The van der Waals surface area contributed by atoms with Crippen molar-refractivity contribution in [3.05, 3.63) is 0 Å². The van der Waals surface area contributed by atoms with Crippen LogP contribution < -0.4 is 11.1 Å². The van der Waals surface area contributed by atoms with Crippen LogP contribution >= 0.6 is 0 Å². The minimum absolute atomic E-state index is 0.209. The molecule has 0 aliphatic heterocycles. The van der Waals surface area contributed by atoms with Gasteiger partial charge in [-0.2, -0.15) is 0 Å². The van der Waals surface area contributed by atoms with Crippen molar-refractivity contribution in [3.63, 3.8) is 0 Å². The lowest BCUT2D eigenvalue weighted by molar-refractivity contribution is 0.407. The van der Waals surface area contributed by atoms with E-state index in [-0.39, 0.29) is 6.17 Å². The summed E-state index contributed by atoms with van der Waals surface area (Å²) in [5.41, 5.74) is 5.95. The second-order valence-corrected chi connectivity index (χ2v) is 4.40. The number of hydrogen-bond donors (Lipinski definition) is 2. The quantitative estimate of drug-likeness (QED) is 0.444. The van der Waals surface area contributed by atoms with E-state index in [1.807, 2.05) is 0 Å². The molecule has 0 rings (SSSR count). The van der Waals surface area contributed by atoms with E-state index in [1.165, 1.54) is 32.1 Å². The smallest absolute Gasteiger partial charge is 0.0546 e. The lowest BCUT2D eigenvalue weighted by Crippen LogP contribution is -2.39. The maximum atomic E-state index is 5.95. The standard InChI is InChI=1S/C12H28N2/c1-4-6-7-9-12(13)14-10-11(3)8-5-2/h11-12,14H,4-10,13H2,1-3H3. The Morgan fingerprint density at radius 1 is 1.07 bits per heavy atom. The summed E-state index contributed by atoms with van der Waals surface area (Å²) in [4.78, 5) is 0. The zero-order chi connectivity index (χ0) is 10.8. The van der Waals surface area contributed by atoms with Gasteiger partial charge >= 0.3 is 0 Å². The summed E-state index contributed by atoms with van der Waals surface area (Å²) >= 11 is 0. The van der Waals surface area contributed by atoms with Gasteiger partial charge in [-0.25, -0.2) is 0 Å². The Labute approximate surface area is 89.6 Å². The predicted octanol–water partition coefficient (Wildman–Crippen LogP) is 2.88. The fourth-order valence-electron chi connectivity index (χ4n) is 1.66. The van der Waals surface area contributed by atoms with E-state index in [0.717, 1.165) is 18.9 Å². The molecule has 86 valence electrons. The summed E-state index contributed by atoms with van der Waals surface area (Å²) < 4.78 is 0. The normalized spacial score (nSPS) is 15.4. The van der Waals surface area contributed by atoms with E-state index < -0.39 is 0 Å². The summed E-state index contributed by atoms with van der Waals surface area (Å²) in [6.45, 7) is 7.82. The molecule has 0 bridgehead atoms. The topological polar surface area (TPSA) is 38.0 Å². The van der Waals surface area contributed by atoms with Crippen molar-refractivity contribution in [1.29, 1.82) is 0 Å². The zero-order valence-electron chi connectivity index (χ0n) is 10.2. The first-order valence-corrected chi connectivity index (χ1v) is 6.19. The lowest BCUT2D eigenvalue weighted by atomic mass is 10.1. The first-order valence-electron chi connectivity index (χ1n) is 6.19. The lowest BCUT2D eigenvalue weighted by Gasteiger charge is -2.17. The van der Waals surface area contributed by atoms with Crippen molar-refractivity contribution in [2.75, 3.05) is 6.54 Å². The number of nitrogens with one attached hydrogen (secondary N) is 1. The van der Waals surface area contributed by atoms with Crippen molar-refractivity contribution in [1.82, 2.24) is 5.32 Å². The minimum atomic E-state index is 0.209. The highest BCUT2D eigenvalue weighted by Gasteiger charge is 2.04. The molecule has 2 unspecified atom stereocenters. The van der Waals surface area contributed by atoms with E-state index in [0.29, 0.717) is 0 Å². The van der Waals surface area contributed by atoms with Crippen LogP contribution in [0.15, 0.2) is 0 Å². The van der Waals surface area contributed by atoms with Gasteiger partial charge in [0.15, 0.2) is 0 Å². The van der Waals surface area contributed by atoms with Crippen LogP contribution in [0.3, 0.4) is 0 Å². The maximum Gasteiger partial charge on any atom is 0.0546 e. The van der Waals surface area contributed by atoms with Gasteiger partial charge in [0.2, 0.25) is 0 Å². The Morgan fingerprint density at radius 2 is 1.79 bits per heavy atom. The van der Waals surface area contributed by atoms with E-state index >= 15 is 0 Å². The van der Waals surface area contributed by atoms with Gasteiger partial charge in [-0.05, 0) is 25.3 Å². The Hall–Kier alpha value is -0.0800. The SMILES string of the molecule is CCCCCC(N)NCC(C)CCC. The summed E-state index contributed by atoms with van der Waals surface area (Å²) in [5.74, 6) is 0.761. The van der Waals surface area contributed by atoms with Crippen LogP contribution in [0.1, 0.15) is 59.3 Å². The van der Waals surface area contributed by atoms with Gasteiger partial charge in [-0.1, -0.05) is 46.5 Å². The van der Waals surface area contributed by atoms with E-state index in [2.05, 4.69) is 26.1 Å². The monoisotopic (exact) mass is 200 g/mol. The molecule has 0 aliphatic carbocycles. The molecule has 0 amide bonds. The summed E-state index contributed by atoms with van der Waals surface area (Å²) in [5, 5.41) is 3.40. The summed E-state index contributed by atoms with van der Waals surface area (Å²) in [6, 6.07) is 0. The Balaban J connectivity index is 3.29. The number of rotatable bonds is 9. The van der Waals surface area contributed by atoms with Crippen molar-refractivity contribution in [2.24, 2.45) is 11.7 Å². The van der Waals surface area contributed by atoms with Gasteiger partial charge in [-0.15, -0.1) is 0 Å². The van der Waals surface area contributed by atoms with Gasteiger partial charge < -0.3 is 11.1 Å². The zero-order valence-corrected chi connectivity index (χ0v) is 10.2. The molecular weight excluding hydrogens is 172 g/mol. The molecule has 2 nitrogen and oxygen atoms in total. The summed E-state index contributed by atoms with van der Waals surface area (Å²) in [7, 11) is 0. The third-order valence-electron chi connectivity index (χ3n) is 2.63. The Bertz CT molecular complexity index is 115. The fourth-order valence-corrected chi connectivity index (χ4v) is 1.66. The summed E-state index contributed by atoms with van der Waals surface area (Å²) in [6.07, 6.45) is 7.74. The second-order valence-electron chi connectivity index (χ2n) is 4.40. The third-order valence-corrected chi connectivity index (χ3v) is 2.63. The van der Waals surface area contributed by atoms with Gasteiger partial charge in [0.1, 0.15) is 0 Å². The van der Waals surface area contributed by atoms with Gasteiger partial charge in [0.05, 0.1) is 6.17 Å². The van der Waals surface area contributed by atoms with E-state index in [9.17, 15) is 0 Å². The van der Waals surface area contributed by atoms with Crippen LogP contribution in [0.4, 0.5) is 0 Å².